The van der Waals surface area contributed by atoms with Crippen LogP contribution in [0.3, 0.4) is 0 Å². The monoisotopic (exact) mass is 482 g/mol. The third kappa shape index (κ3) is 6.52. The first-order chi connectivity index (χ1) is 12.7. The van der Waals surface area contributed by atoms with Gasteiger partial charge in [-0.15, -0.1) is 0 Å². The van der Waals surface area contributed by atoms with Crippen molar-refractivity contribution in [1.82, 2.24) is 0 Å². The Labute approximate surface area is 181 Å². The van der Waals surface area contributed by atoms with Crippen molar-refractivity contribution in [3.8, 4) is 0 Å². The van der Waals surface area contributed by atoms with Crippen LogP contribution < -0.4 is 0 Å². The van der Waals surface area contributed by atoms with E-state index in [-0.39, 0.29) is 0 Å². The van der Waals surface area contributed by atoms with Crippen molar-refractivity contribution in [1.29, 1.82) is 0 Å². The first kappa shape index (κ1) is 23.3. The molecular formula is C24H34Cl2Zr-2. The van der Waals surface area contributed by atoms with Crippen LogP contribution in [0.2, 0.25) is 0 Å². The van der Waals surface area contributed by atoms with Gasteiger partial charge in [0.05, 0.1) is 0 Å². The van der Waals surface area contributed by atoms with Crippen molar-refractivity contribution in [2.24, 2.45) is 0 Å². The zero-order valence-corrected chi connectivity index (χ0v) is 21.5. The maximum atomic E-state index is 5.37. The third-order valence-corrected chi connectivity index (χ3v) is 9.64. The van der Waals surface area contributed by atoms with Crippen molar-refractivity contribution in [3.05, 3.63) is 58.7 Å². The molecule has 0 spiro atoms. The normalized spacial score (nSPS) is 18.6. The summed E-state index contributed by atoms with van der Waals surface area (Å²) in [4.78, 5) is 0. The quantitative estimate of drug-likeness (QED) is 0.335. The van der Waals surface area contributed by atoms with Crippen molar-refractivity contribution >= 4 is 20.7 Å². The van der Waals surface area contributed by atoms with Crippen LogP contribution in [0.1, 0.15) is 82.6 Å². The van der Waals surface area contributed by atoms with Crippen LogP contribution in [0, 0.1) is 0 Å². The van der Waals surface area contributed by atoms with Crippen LogP contribution in [-0.2, 0) is 42.6 Å². The molecule has 0 heterocycles. The Morgan fingerprint density at radius 1 is 0.852 bits per heavy atom. The van der Waals surface area contributed by atoms with E-state index in [1.807, 2.05) is 10.6 Å². The second kappa shape index (κ2) is 10.2. The van der Waals surface area contributed by atoms with Gasteiger partial charge in [0.15, 0.2) is 0 Å². The average Bonchev–Trinajstić information content (AvgIpc) is 3.25. The standard InChI is InChI=1S/2C11H15.C2H4.2ClH.Zr/c2*1-11(2)8-4-6-9-5-3-7-10(9)11;1-2;;;/h2*3,5,7H,4,6,8H2,1-2H3;1H,2H3;2*1H;/q2*-1;;;;+2/p-2. The molecule has 0 fully saturated rings. The molecule has 3 heteroatoms. The fourth-order valence-corrected chi connectivity index (χ4v) is 4.38. The molecule has 4 rings (SSSR count). The van der Waals surface area contributed by atoms with Crippen LogP contribution in [-0.4, -0.2) is 3.71 Å². The molecule has 2 aliphatic carbocycles. The second-order valence-corrected chi connectivity index (χ2v) is 17.8. The van der Waals surface area contributed by atoms with Crippen LogP contribution in [0.4, 0.5) is 0 Å². The molecule has 0 nitrogen and oxygen atoms in total. The van der Waals surface area contributed by atoms with Crippen molar-refractivity contribution in [2.45, 2.75) is 84.0 Å². The Kier molecular flexibility index (Phi) is 8.79. The molecule has 0 bridgehead atoms. The molecule has 0 aromatic heterocycles. The van der Waals surface area contributed by atoms with Gasteiger partial charge in [-0.2, -0.15) is 46.5 Å². The first-order valence-corrected chi connectivity index (χ1v) is 17.9. The summed E-state index contributed by atoms with van der Waals surface area (Å²) in [6, 6.07) is 13.5. The van der Waals surface area contributed by atoms with Crippen LogP contribution in [0.5, 0.6) is 0 Å². The molecule has 27 heavy (non-hydrogen) atoms. The Bertz CT molecular complexity index is 686. The molecule has 0 saturated heterocycles. The van der Waals surface area contributed by atoms with Crippen molar-refractivity contribution in [3.63, 3.8) is 0 Å². The molecular weight excluding hydrogens is 450 g/mol. The number of fused-ring (bicyclic) bond motifs is 2. The van der Waals surface area contributed by atoms with Gasteiger partial charge in [0.25, 0.3) is 0 Å². The Balaban J connectivity index is 0.000000157. The molecule has 0 aliphatic heterocycles. The minimum atomic E-state index is -1.76. The van der Waals surface area contributed by atoms with Gasteiger partial charge in [-0.25, -0.2) is 12.1 Å². The maximum absolute atomic E-state index is 5.37. The Morgan fingerprint density at radius 3 is 1.52 bits per heavy atom. The van der Waals surface area contributed by atoms with Crippen molar-refractivity contribution < 1.29 is 18.9 Å². The molecule has 150 valence electrons. The molecule has 0 radical (unpaired) electrons. The minimum absolute atomic E-state index is 0.442. The van der Waals surface area contributed by atoms with Gasteiger partial charge in [0.2, 0.25) is 0 Å². The summed E-state index contributed by atoms with van der Waals surface area (Å²) in [5.74, 6) is 0. The third-order valence-electron chi connectivity index (χ3n) is 5.98. The fourth-order valence-electron chi connectivity index (χ4n) is 4.38. The summed E-state index contributed by atoms with van der Waals surface area (Å²) in [5.41, 5.74) is 7.23. The second-order valence-electron chi connectivity index (χ2n) is 8.98. The number of halogens is 2. The fraction of sp³-hybridized carbons (Fsp3) is 0.542. The molecule has 2 aromatic rings. The molecule has 2 aliphatic rings. The number of aryl methyl sites for hydroxylation is 2. The van der Waals surface area contributed by atoms with Crippen LogP contribution >= 0.6 is 17.0 Å². The summed E-state index contributed by atoms with van der Waals surface area (Å²) in [7, 11) is 10.7. The topological polar surface area (TPSA) is 0 Å². The van der Waals surface area contributed by atoms with E-state index in [1.54, 1.807) is 22.3 Å². The summed E-state index contributed by atoms with van der Waals surface area (Å²) in [5, 5.41) is 0. The zero-order valence-electron chi connectivity index (χ0n) is 17.5. The number of hydrogen-bond donors (Lipinski definition) is 0. The molecule has 0 saturated carbocycles. The van der Waals surface area contributed by atoms with Crippen LogP contribution in [0.15, 0.2) is 36.4 Å². The van der Waals surface area contributed by atoms with E-state index in [2.05, 4.69) is 64.1 Å². The van der Waals surface area contributed by atoms with Gasteiger partial charge in [0.1, 0.15) is 0 Å². The number of hydrogen-bond acceptors (Lipinski definition) is 0. The Morgan fingerprint density at radius 2 is 1.22 bits per heavy atom. The van der Waals surface area contributed by atoms with E-state index in [1.165, 1.54) is 38.5 Å². The van der Waals surface area contributed by atoms with Gasteiger partial charge in [-0.3, -0.25) is 0 Å². The van der Waals surface area contributed by atoms with Crippen molar-refractivity contribution in [2.75, 3.05) is 0 Å². The predicted octanol–water partition coefficient (Wildman–Crippen LogP) is 7.77. The molecule has 0 amide bonds. The van der Waals surface area contributed by atoms with Gasteiger partial charge in [0, 0.05) is 0 Å². The summed E-state index contributed by atoms with van der Waals surface area (Å²) in [6.45, 7) is 11.3. The average molecular weight is 485 g/mol. The van der Waals surface area contributed by atoms with E-state index >= 15 is 0 Å². The van der Waals surface area contributed by atoms with E-state index in [0.717, 1.165) is 0 Å². The Hall–Kier alpha value is 0.0331. The molecule has 0 atom stereocenters. The summed E-state index contributed by atoms with van der Waals surface area (Å²) in [6.07, 6.45) is 8.03. The molecule has 0 N–H and O–H groups in total. The van der Waals surface area contributed by atoms with Gasteiger partial charge >= 0.3 is 46.5 Å². The summed E-state index contributed by atoms with van der Waals surface area (Å²) < 4.78 is 1.89. The molecule has 2 aromatic carbocycles. The number of rotatable bonds is 0. The van der Waals surface area contributed by atoms with Crippen LogP contribution in [0.25, 0.3) is 0 Å². The van der Waals surface area contributed by atoms with E-state index in [0.29, 0.717) is 10.8 Å². The van der Waals surface area contributed by atoms with E-state index in [4.69, 9.17) is 17.0 Å². The SMILES string of the molecule is CC1(C)CCCc2[cH-]ccc21.CC1(C)CCCc2[cH-]ccc21.C[CH]=[Zr]([Cl])[Cl]. The van der Waals surface area contributed by atoms with E-state index in [9.17, 15) is 0 Å². The van der Waals surface area contributed by atoms with Gasteiger partial charge < -0.3 is 0 Å². The first-order valence-electron chi connectivity index (χ1n) is 10.1. The van der Waals surface area contributed by atoms with E-state index < -0.39 is 18.9 Å². The molecule has 0 unspecified atom stereocenters. The summed E-state index contributed by atoms with van der Waals surface area (Å²) >= 11 is -1.76. The zero-order chi connectivity index (χ0) is 20.1. The van der Waals surface area contributed by atoms with Gasteiger partial charge in [-0.1, -0.05) is 77.0 Å². The van der Waals surface area contributed by atoms with Gasteiger partial charge in [-0.05, 0) is 0 Å². The predicted molar refractivity (Wildman–Crippen MR) is 119 cm³/mol.